The number of sulfonamides is 1. The van der Waals surface area contributed by atoms with Crippen LogP contribution in [0.3, 0.4) is 0 Å². The first kappa shape index (κ1) is 26.7. The van der Waals surface area contributed by atoms with Crippen LogP contribution in [0.4, 0.5) is 11.4 Å². The molecule has 37 heavy (non-hydrogen) atoms. The van der Waals surface area contributed by atoms with Crippen LogP contribution < -0.4 is 15.6 Å². The molecule has 10 heteroatoms. The Kier molecular flexibility index (Phi) is 9.24. The zero-order chi connectivity index (χ0) is 26.1. The Morgan fingerprint density at radius 1 is 1.03 bits per heavy atom. The number of nitrogens with zero attached hydrogens (tertiary/aromatic N) is 3. The fraction of sp³-hybridized carbons (Fsp3) is 0.259. The lowest BCUT2D eigenvalue weighted by atomic mass is 10.1. The van der Waals surface area contributed by atoms with E-state index in [9.17, 15) is 8.42 Å². The summed E-state index contributed by atoms with van der Waals surface area (Å²) in [6.07, 6.45) is 1.70. The summed E-state index contributed by atoms with van der Waals surface area (Å²) in [5.74, 6) is 0. The standard InChI is InChI=1S/C27H31N5O3S2/c1-2-31(21-23-6-4-3-5-7-23)25-12-8-22(9-13-25)20-28-30-27(36)29-24-10-14-26(15-11-24)37(33,34)32-16-18-35-19-17-32/h3-15,20H,2,16-19,21H2,1H3,(H2,29,30,36). The van der Waals surface area contributed by atoms with Crippen molar-refractivity contribution in [2.75, 3.05) is 43.1 Å². The predicted molar refractivity (Wildman–Crippen MR) is 153 cm³/mol. The molecular formula is C27H31N5O3S2. The highest BCUT2D eigenvalue weighted by Crippen LogP contribution is 2.20. The van der Waals surface area contributed by atoms with E-state index >= 15 is 0 Å². The summed E-state index contributed by atoms with van der Waals surface area (Å²) >= 11 is 5.31. The predicted octanol–water partition coefficient (Wildman–Crippen LogP) is 4.05. The van der Waals surface area contributed by atoms with Crippen LogP contribution in [-0.2, 0) is 21.3 Å². The first-order chi connectivity index (χ1) is 18.0. The lowest BCUT2D eigenvalue weighted by Gasteiger charge is -2.26. The third kappa shape index (κ3) is 7.36. The smallest absolute Gasteiger partial charge is 0.243 e. The molecule has 0 atom stereocenters. The minimum absolute atomic E-state index is 0.241. The van der Waals surface area contributed by atoms with E-state index < -0.39 is 10.0 Å². The average Bonchev–Trinajstić information content (AvgIpc) is 2.93. The van der Waals surface area contributed by atoms with Gasteiger partial charge < -0.3 is 15.0 Å². The van der Waals surface area contributed by atoms with Crippen LogP contribution in [0.1, 0.15) is 18.1 Å². The van der Waals surface area contributed by atoms with E-state index in [0.29, 0.717) is 37.1 Å². The maximum absolute atomic E-state index is 12.7. The summed E-state index contributed by atoms with van der Waals surface area (Å²) in [5, 5.41) is 7.53. The maximum Gasteiger partial charge on any atom is 0.243 e. The number of morpholine rings is 1. The number of ether oxygens (including phenoxy) is 1. The first-order valence-corrected chi connectivity index (χ1v) is 14.0. The summed E-state index contributed by atoms with van der Waals surface area (Å²) in [6.45, 7) is 5.45. The van der Waals surface area contributed by atoms with Gasteiger partial charge in [-0.25, -0.2) is 8.42 Å². The van der Waals surface area contributed by atoms with Gasteiger partial charge in [0.05, 0.1) is 24.3 Å². The Bertz CT molecular complexity index is 1290. The van der Waals surface area contributed by atoms with Crippen LogP contribution >= 0.6 is 12.2 Å². The van der Waals surface area contributed by atoms with E-state index in [1.54, 1.807) is 30.5 Å². The van der Waals surface area contributed by atoms with Gasteiger partial charge in [0.15, 0.2) is 5.11 Å². The molecule has 0 spiro atoms. The van der Waals surface area contributed by atoms with Gasteiger partial charge in [0, 0.05) is 37.6 Å². The second-order valence-corrected chi connectivity index (χ2v) is 10.8. The van der Waals surface area contributed by atoms with E-state index in [1.165, 1.54) is 9.87 Å². The van der Waals surface area contributed by atoms with Gasteiger partial charge in [0.1, 0.15) is 0 Å². The number of hydrogen-bond donors (Lipinski definition) is 2. The van der Waals surface area contributed by atoms with E-state index in [1.807, 2.05) is 18.2 Å². The second kappa shape index (κ2) is 12.8. The largest absolute Gasteiger partial charge is 0.379 e. The number of nitrogens with one attached hydrogen (secondary N) is 2. The molecule has 2 N–H and O–H groups in total. The first-order valence-electron chi connectivity index (χ1n) is 12.1. The molecule has 0 saturated carbocycles. The van der Waals surface area contributed by atoms with Gasteiger partial charge in [0.2, 0.25) is 10.0 Å². The van der Waals surface area contributed by atoms with Crippen LogP contribution in [0.25, 0.3) is 0 Å². The number of anilines is 2. The van der Waals surface area contributed by atoms with Crippen molar-refractivity contribution >= 4 is 44.9 Å². The van der Waals surface area contributed by atoms with Gasteiger partial charge in [0.25, 0.3) is 0 Å². The number of hydrazone groups is 1. The molecule has 1 fully saturated rings. The summed E-state index contributed by atoms with van der Waals surface area (Å²) in [5.41, 5.74) is 6.81. The second-order valence-electron chi connectivity index (χ2n) is 8.46. The average molecular weight is 538 g/mol. The minimum atomic E-state index is -3.53. The van der Waals surface area contributed by atoms with Crippen molar-refractivity contribution in [3.8, 4) is 0 Å². The molecule has 0 aromatic heterocycles. The fourth-order valence-electron chi connectivity index (χ4n) is 3.93. The SMILES string of the molecule is CCN(Cc1ccccc1)c1ccc(C=NNC(=S)Nc2ccc(S(=O)(=O)N3CCOCC3)cc2)cc1. The van der Waals surface area contributed by atoms with Crippen molar-refractivity contribution in [1.29, 1.82) is 0 Å². The molecule has 3 aromatic rings. The van der Waals surface area contributed by atoms with E-state index in [-0.39, 0.29) is 4.90 Å². The van der Waals surface area contributed by atoms with Crippen molar-refractivity contribution in [3.63, 3.8) is 0 Å². The molecule has 1 aliphatic heterocycles. The Balaban J connectivity index is 1.28. The van der Waals surface area contributed by atoms with Gasteiger partial charge in [-0.3, -0.25) is 5.43 Å². The van der Waals surface area contributed by atoms with Gasteiger partial charge in [-0.1, -0.05) is 42.5 Å². The van der Waals surface area contributed by atoms with Crippen molar-refractivity contribution in [2.24, 2.45) is 5.10 Å². The van der Waals surface area contributed by atoms with Crippen LogP contribution in [-0.4, -0.2) is 56.9 Å². The quantitative estimate of drug-likeness (QED) is 0.242. The van der Waals surface area contributed by atoms with Crippen LogP contribution in [0.2, 0.25) is 0 Å². The number of benzene rings is 3. The Morgan fingerprint density at radius 2 is 1.70 bits per heavy atom. The molecule has 1 aliphatic rings. The third-order valence-electron chi connectivity index (χ3n) is 5.96. The normalized spacial score (nSPS) is 14.4. The molecule has 0 amide bonds. The molecule has 8 nitrogen and oxygen atoms in total. The van der Waals surface area contributed by atoms with Gasteiger partial charge in [-0.05, 0) is 66.7 Å². The van der Waals surface area contributed by atoms with Gasteiger partial charge >= 0.3 is 0 Å². The van der Waals surface area contributed by atoms with Crippen molar-refractivity contribution in [1.82, 2.24) is 9.73 Å². The molecule has 0 unspecified atom stereocenters. The lowest BCUT2D eigenvalue weighted by Crippen LogP contribution is -2.40. The molecule has 1 saturated heterocycles. The Hall–Kier alpha value is -3.31. The van der Waals surface area contributed by atoms with Crippen molar-refractivity contribution in [2.45, 2.75) is 18.4 Å². The zero-order valence-electron chi connectivity index (χ0n) is 20.7. The van der Waals surface area contributed by atoms with Gasteiger partial charge in [-0.15, -0.1) is 0 Å². The molecule has 3 aromatic carbocycles. The van der Waals surface area contributed by atoms with Crippen LogP contribution in [0, 0.1) is 0 Å². The molecule has 4 rings (SSSR count). The van der Waals surface area contributed by atoms with E-state index in [0.717, 1.165) is 24.3 Å². The zero-order valence-corrected chi connectivity index (χ0v) is 22.3. The summed E-state index contributed by atoms with van der Waals surface area (Å²) in [7, 11) is -3.53. The number of thiocarbonyl (C=S) groups is 1. The highest BCUT2D eigenvalue weighted by Gasteiger charge is 2.26. The van der Waals surface area contributed by atoms with Crippen molar-refractivity contribution < 1.29 is 13.2 Å². The topological polar surface area (TPSA) is 86.3 Å². The van der Waals surface area contributed by atoms with Crippen LogP contribution in [0.15, 0.2) is 88.9 Å². The molecule has 0 aliphatic carbocycles. The molecule has 194 valence electrons. The monoisotopic (exact) mass is 537 g/mol. The third-order valence-corrected chi connectivity index (χ3v) is 8.06. The Labute approximate surface area is 224 Å². The number of hydrogen-bond acceptors (Lipinski definition) is 6. The van der Waals surface area contributed by atoms with E-state index in [2.05, 4.69) is 64.1 Å². The highest BCUT2D eigenvalue weighted by molar-refractivity contribution is 7.89. The number of rotatable bonds is 9. The fourth-order valence-corrected chi connectivity index (χ4v) is 5.51. The summed E-state index contributed by atoms with van der Waals surface area (Å²) < 4.78 is 32.2. The highest BCUT2D eigenvalue weighted by atomic mass is 32.2. The molecule has 0 bridgehead atoms. The maximum atomic E-state index is 12.7. The molecule has 1 heterocycles. The lowest BCUT2D eigenvalue weighted by molar-refractivity contribution is 0.0730. The van der Waals surface area contributed by atoms with Crippen molar-refractivity contribution in [3.05, 3.63) is 90.0 Å². The summed E-state index contributed by atoms with van der Waals surface area (Å²) in [6, 6.07) is 25.1. The minimum Gasteiger partial charge on any atom is -0.379 e. The molecule has 0 radical (unpaired) electrons. The molecular weight excluding hydrogens is 506 g/mol. The Morgan fingerprint density at radius 3 is 2.35 bits per heavy atom. The van der Waals surface area contributed by atoms with E-state index in [4.69, 9.17) is 17.0 Å². The summed E-state index contributed by atoms with van der Waals surface area (Å²) in [4.78, 5) is 2.55. The van der Waals surface area contributed by atoms with Gasteiger partial charge in [-0.2, -0.15) is 9.41 Å². The van der Waals surface area contributed by atoms with Crippen LogP contribution in [0.5, 0.6) is 0 Å².